The fraction of sp³-hybridized carbons (Fsp3) is 0.238. The molecular formula is C21H20FN3O. The summed E-state index contributed by atoms with van der Waals surface area (Å²) in [5.41, 5.74) is 3.59. The van der Waals surface area contributed by atoms with Gasteiger partial charge in [-0.3, -0.25) is 4.79 Å². The Balaban J connectivity index is 1.72. The zero-order chi connectivity index (χ0) is 18.3. The second-order valence-corrected chi connectivity index (χ2v) is 6.89. The molecule has 0 bridgehead atoms. The molecule has 1 aliphatic heterocycles. The molecule has 1 amide bonds. The first kappa shape index (κ1) is 16.5. The van der Waals surface area contributed by atoms with Gasteiger partial charge in [0.25, 0.3) is 0 Å². The van der Waals surface area contributed by atoms with Crippen molar-refractivity contribution >= 4 is 22.6 Å². The van der Waals surface area contributed by atoms with E-state index < -0.39 is 0 Å². The number of nitrogens with zero attached hydrogens (tertiary/aromatic N) is 3. The highest BCUT2D eigenvalue weighted by molar-refractivity contribution is 5.96. The number of hydrogen-bond donors (Lipinski definition) is 0. The molecule has 1 saturated heterocycles. The van der Waals surface area contributed by atoms with Crippen molar-refractivity contribution in [1.82, 2.24) is 9.55 Å². The lowest BCUT2D eigenvalue weighted by molar-refractivity contribution is -0.117. The molecule has 3 aromatic rings. The summed E-state index contributed by atoms with van der Waals surface area (Å²) in [5, 5.41) is 0. The summed E-state index contributed by atoms with van der Waals surface area (Å²) in [7, 11) is 0. The maximum Gasteiger partial charge on any atom is 0.227 e. The molecule has 0 spiro atoms. The second kappa shape index (κ2) is 6.41. The lowest BCUT2D eigenvalue weighted by atomic mass is 10.1. The van der Waals surface area contributed by atoms with Crippen molar-refractivity contribution in [2.75, 3.05) is 11.4 Å². The summed E-state index contributed by atoms with van der Waals surface area (Å²) in [6.07, 6.45) is 0.371. The van der Waals surface area contributed by atoms with Crippen LogP contribution >= 0.6 is 0 Å². The molecule has 4 rings (SSSR count). The molecule has 0 radical (unpaired) electrons. The highest BCUT2D eigenvalue weighted by atomic mass is 19.1. The third kappa shape index (κ3) is 2.90. The van der Waals surface area contributed by atoms with E-state index in [4.69, 9.17) is 4.98 Å². The first-order chi connectivity index (χ1) is 12.5. The van der Waals surface area contributed by atoms with Crippen LogP contribution in [-0.2, 0) is 11.3 Å². The molecule has 132 valence electrons. The minimum Gasteiger partial charge on any atom is -0.324 e. The first-order valence-corrected chi connectivity index (χ1v) is 8.68. The lowest BCUT2D eigenvalue weighted by Crippen LogP contribution is -2.24. The van der Waals surface area contributed by atoms with Crippen LogP contribution < -0.4 is 4.90 Å². The maximum atomic E-state index is 13.6. The Bertz CT molecular complexity index is 1010. The highest BCUT2D eigenvalue weighted by Gasteiger charge is 2.34. The molecule has 5 heteroatoms. The summed E-state index contributed by atoms with van der Waals surface area (Å²) < 4.78 is 15.7. The van der Waals surface area contributed by atoms with Gasteiger partial charge >= 0.3 is 0 Å². The molecule has 0 aliphatic carbocycles. The van der Waals surface area contributed by atoms with Gasteiger partial charge in [-0.1, -0.05) is 30.4 Å². The number of carbonyl (C=O) groups excluding carboxylic acids is 1. The van der Waals surface area contributed by atoms with Gasteiger partial charge in [0.2, 0.25) is 5.91 Å². The van der Waals surface area contributed by atoms with Crippen molar-refractivity contribution in [2.24, 2.45) is 0 Å². The van der Waals surface area contributed by atoms with Crippen molar-refractivity contribution in [3.05, 3.63) is 72.3 Å². The van der Waals surface area contributed by atoms with E-state index in [0.29, 0.717) is 25.2 Å². The van der Waals surface area contributed by atoms with E-state index in [1.54, 1.807) is 17.0 Å². The molecule has 1 aliphatic rings. The maximum absolute atomic E-state index is 13.6. The zero-order valence-corrected chi connectivity index (χ0v) is 14.7. The Morgan fingerprint density at radius 3 is 2.85 bits per heavy atom. The number of fused-ring (bicyclic) bond motifs is 1. The Kier molecular flexibility index (Phi) is 4.07. The van der Waals surface area contributed by atoms with Gasteiger partial charge in [0, 0.05) is 31.1 Å². The van der Waals surface area contributed by atoms with Crippen LogP contribution in [0.2, 0.25) is 0 Å². The quantitative estimate of drug-likeness (QED) is 0.660. The van der Waals surface area contributed by atoms with Crippen LogP contribution in [0.25, 0.3) is 11.0 Å². The number of para-hydroxylation sites is 2. The van der Waals surface area contributed by atoms with E-state index in [0.717, 1.165) is 22.4 Å². The summed E-state index contributed by atoms with van der Waals surface area (Å²) in [5.74, 6) is 0.516. The van der Waals surface area contributed by atoms with Gasteiger partial charge in [0.1, 0.15) is 11.6 Å². The molecule has 2 heterocycles. The molecule has 2 aromatic carbocycles. The van der Waals surface area contributed by atoms with Crippen LogP contribution in [0.4, 0.5) is 10.1 Å². The topological polar surface area (TPSA) is 38.1 Å². The summed E-state index contributed by atoms with van der Waals surface area (Å²) in [6.45, 7) is 7.18. The van der Waals surface area contributed by atoms with Crippen molar-refractivity contribution in [3.8, 4) is 0 Å². The number of aromatic nitrogens is 2. The van der Waals surface area contributed by atoms with E-state index in [2.05, 4.69) is 11.1 Å². The Morgan fingerprint density at radius 2 is 2.08 bits per heavy atom. The van der Waals surface area contributed by atoms with E-state index in [9.17, 15) is 9.18 Å². The first-order valence-electron chi connectivity index (χ1n) is 8.68. The third-order valence-electron chi connectivity index (χ3n) is 4.72. The number of benzene rings is 2. The fourth-order valence-electron chi connectivity index (χ4n) is 3.62. The fourth-order valence-corrected chi connectivity index (χ4v) is 3.62. The number of anilines is 1. The molecule has 1 atom stereocenters. The van der Waals surface area contributed by atoms with E-state index in [1.807, 2.05) is 31.2 Å². The Hall–Kier alpha value is -2.95. The molecule has 0 N–H and O–H groups in total. The van der Waals surface area contributed by atoms with Crippen LogP contribution in [-0.4, -0.2) is 22.0 Å². The largest absolute Gasteiger partial charge is 0.324 e. The molecule has 26 heavy (non-hydrogen) atoms. The van der Waals surface area contributed by atoms with Crippen molar-refractivity contribution < 1.29 is 9.18 Å². The van der Waals surface area contributed by atoms with Gasteiger partial charge < -0.3 is 9.47 Å². The number of amides is 1. The summed E-state index contributed by atoms with van der Waals surface area (Å²) in [4.78, 5) is 19.0. The number of imidazole rings is 1. The third-order valence-corrected chi connectivity index (χ3v) is 4.72. The number of allylic oxidation sites excluding steroid dienone is 1. The zero-order valence-electron chi connectivity index (χ0n) is 14.7. The van der Waals surface area contributed by atoms with Gasteiger partial charge in [-0.15, -0.1) is 0 Å². The van der Waals surface area contributed by atoms with E-state index in [-0.39, 0.29) is 17.6 Å². The Morgan fingerprint density at radius 1 is 1.27 bits per heavy atom. The van der Waals surface area contributed by atoms with Gasteiger partial charge in [-0.05, 0) is 37.3 Å². The molecule has 1 fully saturated rings. The smallest absolute Gasteiger partial charge is 0.227 e. The monoisotopic (exact) mass is 349 g/mol. The lowest BCUT2D eigenvalue weighted by Gasteiger charge is -2.17. The molecule has 0 saturated carbocycles. The summed E-state index contributed by atoms with van der Waals surface area (Å²) in [6, 6.07) is 14.1. The van der Waals surface area contributed by atoms with E-state index >= 15 is 0 Å². The minimum absolute atomic E-state index is 0.00506. The standard InChI is InChI=1S/C21H20FN3O/c1-14(2)12-25-19-9-4-3-8-18(19)23-21(25)15-10-20(26)24(13-15)17-7-5-6-16(22)11-17/h3-9,11,15H,1,10,12-13H2,2H3. The van der Waals surface area contributed by atoms with Gasteiger partial charge in [0.05, 0.1) is 11.0 Å². The number of rotatable bonds is 4. The predicted molar refractivity (Wildman–Crippen MR) is 101 cm³/mol. The minimum atomic E-state index is -0.340. The second-order valence-electron chi connectivity index (χ2n) is 6.89. The normalized spacial score (nSPS) is 17.2. The van der Waals surface area contributed by atoms with Crippen LogP contribution in [0.5, 0.6) is 0 Å². The van der Waals surface area contributed by atoms with Gasteiger partial charge in [-0.2, -0.15) is 0 Å². The van der Waals surface area contributed by atoms with Gasteiger partial charge in [0.15, 0.2) is 0 Å². The Labute approximate surface area is 151 Å². The van der Waals surface area contributed by atoms with Crippen LogP contribution in [0.1, 0.15) is 25.1 Å². The predicted octanol–water partition coefficient (Wildman–Crippen LogP) is 4.27. The van der Waals surface area contributed by atoms with Crippen molar-refractivity contribution in [3.63, 3.8) is 0 Å². The van der Waals surface area contributed by atoms with Crippen LogP contribution in [0, 0.1) is 5.82 Å². The van der Waals surface area contributed by atoms with Gasteiger partial charge in [-0.25, -0.2) is 9.37 Å². The molecule has 1 unspecified atom stereocenters. The number of halogens is 1. The van der Waals surface area contributed by atoms with Crippen molar-refractivity contribution in [1.29, 1.82) is 0 Å². The number of carbonyl (C=O) groups is 1. The SMILES string of the molecule is C=C(C)Cn1c(C2CC(=O)N(c3cccc(F)c3)C2)nc2ccccc21. The summed E-state index contributed by atoms with van der Waals surface area (Å²) >= 11 is 0. The number of hydrogen-bond acceptors (Lipinski definition) is 2. The molecule has 4 nitrogen and oxygen atoms in total. The average molecular weight is 349 g/mol. The van der Waals surface area contributed by atoms with Crippen LogP contribution in [0.15, 0.2) is 60.7 Å². The van der Waals surface area contributed by atoms with Crippen LogP contribution in [0.3, 0.4) is 0 Å². The van der Waals surface area contributed by atoms with E-state index in [1.165, 1.54) is 12.1 Å². The molecule has 1 aromatic heterocycles. The highest BCUT2D eigenvalue weighted by Crippen LogP contribution is 2.33. The molecular weight excluding hydrogens is 329 g/mol. The van der Waals surface area contributed by atoms with Crippen molar-refractivity contribution in [2.45, 2.75) is 25.8 Å². The average Bonchev–Trinajstić information content (AvgIpc) is 3.16.